The van der Waals surface area contributed by atoms with E-state index in [0.29, 0.717) is 12.6 Å². The molecule has 1 aliphatic heterocycles. The molecule has 0 aromatic carbocycles. The lowest BCUT2D eigenvalue weighted by atomic mass is 9.83. The zero-order valence-electron chi connectivity index (χ0n) is 13.6. The summed E-state index contributed by atoms with van der Waals surface area (Å²) >= 11 is 0. The Morgan fingerprint density at radius 3 is 2.50 bits per heavy atom. The second-order valence-electron chi connectivity index (χ2n) is 6.43. The van der Waals surface area contributed by atoms with Crippen LogP contribution in [0.5, 0.6) is 0 Å². The van der Waals surface area contributed by atoms with Crippen molar-refractivity contribution in [1.82, 2.24) is 10.2 Å². The molecule has 118 valence electrons. The predicted octanol–water partition coefficient (Wildman–Crippen LogP) is 2.16. The van der Waals surface area contributed by atoms with Crippen molar-refractivity contribution >= 4 is 5.91 Å². The van der Waals surface area contributed by atoms with E-state index in [1.54, 1.807) is 0 Å². The van der Waals surface area contributed by atoms with Gasteiger partial charge in [0.1, 0.15) is 0 Å². The number of nitrogens with zero attached hydrogens (tertiary/aromatic N) is 1. The van der Waals surface area contributed by atoms with Crippen LogP contribution in [0.3, 0.4) is 0 Å². The zero-order valence-corrected chi connectivity index (χ0v) is 13.6. The van der Waals surface area contributed by atoms with Crippen molar-refractivity contribution in [2.75, 3.05) is 19.7 Å². The maximum Gasteiger partial charge on any atom is 0.237 e. The largest absolute Gasteiger partial charge is 0.396 e. The van der Waals surface area contributed by atoms with Gasteiger partial charge in [-0.15, -0.1) is 0 Å². The summed E-state index contributed by atoms with van der Waals surface area (Å²) in [7, 11) is 0. The fraction of sp³-hybridized carbons (Fsp3) is 0.938. The Kier molecular flexibility index (Phi) is 6.96. The molecule has 1 saturated heterocycles. The first-order chi connectivity index (χ1) is 9.49. The SMILES string of the molecule is CCC(CC)(CO)CNC(=O)C1CCCCN1C(C)C. The first-order valence-electron chi connectivity index (χ1n) is 8.14. The van der Waals surface area contributed by atoms with Gasteiger partial charge < -0.3 is 10.4 Å². The van der Waals surface area contributed by atoms with Gasteiger partial charge in [0.2, 0.25) is 5.91 Å². The van der Waals surface area contributed by atoms with E-state index in [0.717, 1.165) is 32.2 Å². The van der Waals surface area contributed by atoms with Crippen LogP contribution in [0.4, 0.5) is 0 Å². The fourth-order valence-electron chi connectivity index (χ4n) is 3.03. The lowest BCUT2D eigenvalue weighted by Crippen LogP contribution is -2.53. The van der Waals surface area contributed by atoms with Crippen LogP contribution in [0.1, 0.15) is 59.8 Å². The molecule has 1 aliphatic rings. The number of hydrogen-bond donors (Lipinski definition) is 2. The molecule has 0 radical (unpaired) electrons. The van der Waals surface area contributed by atoms with E-state index in [-0.39, 0.29) is 24.0 Å². The van der Waals surface area contributed by atoms with Gasteiger partial charge in [-0.25, -0.2) is 0 Å². The number of hydrogen-bond acceptors (Lipinski definition) is 3. The van der Waals surface area contributed by atoms with Gasteiger partial charge in [0.25, 0.3) is 0 Å². The molecular formula is C16H32N2O2. The normalized spacial score (nSPS) is 21.2. The van der Waals surface area contributed by atoms with Crippen molar-refractivity contribution in [2.45, 2.75) is 71.9 Å². The molecule has 0 saturated carbocycles. The maximum absolute atomic E-state index is 12.5. The van der Waals surface area contributed by atoms with E-state index in [1.807, 2.05) is 0 Å². The van der Waals surface area contributed by atoms with Gasteiger partial charge in [-0.3, -0.25) is 9.69 Å². The van der Waals surface area contributed by atoms with Crippen molar-refractivity contribution in [3.8, 4) is 0 Å². The summed E-state index contributed by atoms with van der Waals surface area (Å²) in [6, 6.07) is 0.417. The second kappa shape index (κ2) is 7.99. The molecule has 0 aromatic rings. The molecule has 1 amide bonds. The van der Waals surface area contributed by atoms with Crippen LogP contribution in [0.15, 0.2) is 0 Å². The number of piperidine rings is 1. The Labute approximate surface area is 123 Å². The van der Waals surface area contributed by atoms with Crippen molar-refractivity contribution in [3.63, 3.8) is 0 Å². The Balaban J connectivity index is 2.60. The molecule has 0 aromatic heterocycles. The first-order valence-corrected chi connectivity index (χ1v) is 8.14. The average molecular weight is 284 g/mol. The smallest absolute Gasteiger partial charge is 0.237 e. The summed E-state index contributed by atoms with van der Waals surface area (Å²) < 4.78 is 0. The van der Waals surface area contributed by atoms with Crippen LogP contribution in [0.2, 0.25) is 0 Å². The van der Waals surface area contributed by atoms with Crippen LogP contribution < -0.4 is 5.32 Å². The van der Waals surface area contributed by atoms with Gasteiger partial charge in [-0.2, -0.15) is 0 Å². The Bertz CT molecular complexity index is 293. The van der Waals surface area contributed by atoms with Crippen molar-refractivity contribution in [3.05, 3.63) is 0 Å². The van der Waals surface area contributed by atoms with E-state index in [4.69, 9.17) is 0 Å². The van der Waals surface area contributed by atoms with Crippen molar-refractivity contribution in [2.24, 2.45) is 5.41 Å². The predicted molar refractivity (Wildman–Crippen MR) is 82.6 cm³/mol. The number of carbonyl (C=O) groups is 1. The second-order valence-corrected chi connectivity index (χ2v) is 6.43. The minimum absolute atomic E-state index is 0.00820. The third-order valence-electron chi connectivity index (χ3n) is 4.98. The monoisotopic (exact) mass is 284 g/mol. The van der Waals surface area contributed by atoms with E-state index < -0.39 is 0 Å². The lowest BCUT2D eigenvalue weighted by molar-refractivity contribution is -0.129. The summed E-state index contributed by atoms with van der Waals surface area (Å²) in [5.41, 5.74) is -0.160. The van der Waals surface area contributed by atoms with Crippen LogP contribution >= 0.6 is 0 Å². The highest BCUT2D eigenvalue weighted by molar-refractivity contribution is 5.81. The van der Waals surface area contributed by atoms with Gasteiger partial charge in [0.05, 0.1) is 12.6 Å². The average Bonchev–Trinajstić information content (AvgIpc) is 2.49. The van der Waals surface area contributed by atoms with Gasteiger partial charge in [0, 0.05) is 18.0 Å². The van der Waals surface area contributed by atoms with E-state index >= 15 is 0 Å². The van der Waals surface area contributed by atoms with Gasteiger partial charge >= 0.3 is 0 Å². The third-order valence-corrected chi connectivity index (χ3v) is 4.98. The lowest BCUT2D eigenvalue weighted by Gasteiger charge is -2.38. The quantitative estimate of drug-likeness (QED) is 0.753. The van der Waals surface area contributed by atoms with Crippen molar-refractivity contribution < 1.29 is 9.90 Å². The zero-order chi connectivity index (χ0) is 15.2. The summed E-state index contributed by atoms with van der Waals surface area (Å²) in [5.74, 6) is 0.137. The topological polar surface area (TPSA) is 52.6 Å². The number of aliphatic hydroxyl groups is 1. The molecule has 1 atom stereocenters. The van der Waals surface area contributed by atoms with E-state index in [2.05, 4.69) is 37.9 Å². The molecule has 0 spiro atoms. The molecule has 0 aliphatic carbocycles. The number of likely N-dealkylation sites (tertiary alicyclic amines) is 1. The van der Waals surface area contributed by atoms with Gasteiger partial charge in [-0.1, -0.05) is 20.3 Å². The molecule has 1 fully saturated rings. The van der Waals surface area contributed by atoms with Crippen LogP contribution in [0, 0.1) is 5.41 Å². The van der Waals surface area contributed by atoms with Crippen LogP contribution in [-0.4, -0.2) is 47.7 Å². The number of rotatable bonds is 7. The highest BCUT2D eigenvalue weighted by Crippen LogP contribution is 2.25. The number of aliphatic hydroxyl groups excluding tert-OH is 1. The minimum atomic E-state index is -0.160. The highest BCUT2D eigenvalue weighted by Gasteiger charge is 2.32. The molecular weight excluding hydrogens is 252 g/mol. The molecule has 1 heterocycles. The molecule has 1 unspecified atom stereocenters. The summed E-state index contributed by atoms with van der Waals surface area (Å²) in [6.07, 6.45) is 5.05. The van der Waals surface area contributed by atoms with Crippen molar-refractivity contribution in [1.29, 1.82) is 0 Å². The third kappa shape index (κ3) is 4.19. The molecule has 4 heteroatoms. The Morgan fingerprint density at radius 1 is 1.35 bits per heavy atom. The fourth-order valence-corrected chi connectivity index (χ4v) is 3.03. The molecule has 4 nitrogen and oxygen atoms in total. The molecule has 2 N–H and O–H groups in total. The van der Waals surface area contributed by atoms with Gasteiger partial charge in [0.15, 0.2) is 0 Å². The van der Waals surface area contributed by atoms with E-state index in [9.17, 15) is 9.90 Å². The molecule has 20 heavy (non-hydrogen) atoms. The summed E-state index contributed by atoms with van der Waals surface area (Å²) in [6.45, 7) is 10.2. The first kappa shape index (κ1) is 17.4. The Hall–Kier alpha value is -0.610. The van der Waals surface area contributed by atoms with Gasteiger partial charge in [-0.05, 0) is 46.1 Å². The van der Waals surface area contributed by atoms with Crippen LogP contribution in [0.25, 0.3) is 0 Å². The summed E-state index contributed by atoms with van der Waals surface area (Å²) in [5, 5.41) is 12.7. The number of nitrogens with one attached hydrogen (secondary N) is 1. The standard InChI is InChI=1S/C16H32N2O2/c1-5-16(6-2,12-19)11-17-15(20)14-9-7-8-10-18(14)13(3)4/h13-14,19H,5-12H2,1-4H3,(H,17,20). The minimum Gasteiger partial charge on any atom is -0.396 e. The highest BCUT2D eigenvalue weighted by atomic mass is 16.3. The van der Waals surface area contributed by atoms with Crippen LogP contribution in [-0.2, 0) is 4.79 Å². The number of amides is 1. The summed E-state index contributed by atoms with van der Waals surface area (Å²) in [4.78, 5) is 14.8. The van der Waals surface area contributed by atoms with E-state index in [1.165, 1.54) is 6.42 Å². The Morgan fingerprint density at radius 2 is 2.00 bits per heavy atom. The molecule has 0 bridgehead atoms. The maximum atomic E-state index is 12.5. The molecule has 1 rings (SSSR count). The number of carbonyl (C=O) groups excluding carboxylic acids is 1.